The lowest BCUT2D eigenvalue weighted by molar-refractivity contribution is -0.117. The Morgan fingerprint density at radius 2 is 1.42 bits per heavy atom. The van der Waals surface area contributed by atoms with Crippen LogP contribution in [0.2, 0.25) is 0 Å². The highest BCUT2D eigenvalue weighted by Gasteiger charge is 2.22. The Hall–Kier alpha value is -3.68. The summed E-state index contributed by atoms with van der Waals surface area (Å²) >= 11 is 0. The maximum atomic E-state index is 12.6. The van der Waals surface area contributed by atoms with E-state index in [-0.39, 0.29) is 41.6 Å². The van der Waals surface area contributed by atoms with Crippen molar-refractivity contribution in [2.24, 2.45) is 0 Å². The molecular weight excluding hydrogens is 402 g/mol. The molecule has 8 heteroatoms. The summed E-state index contributed by atoms with van der Waals surface area (Å²) in [5.74, 6) is -1.90. The fourth-order valence-corrected chi connectivity index (χ4v) is 3.19. The number of esters is 3. The zero-order valence-corrected chi connectivity index (χ0v) is 17.4. The lowest BCUT2D eigenvalue weighted by Crippen LogP contribution is -2.23. The highest BCUT2D eigenvalue weighted by Crippen LogP contribution is 2.23. The van der Waals surface area contributed by atoms with Crippen LogP contribution in [0, 0.1) is 0 Å². The summed E-state index contributed by atoms with van der Waals surface area (Å²) in [4.78, 5) is 50.4. The molecule has 1 heterocycles. The number of hydrogen-bond donors (Lipinski definition) is 0. The smallest absolute Gasteiger partial charge is 0.343 e. The van der Waals surface area contributed by atoms with E-state index in [9.17, 15) is 19.2 Å². The minimum absolute atomic E-state index is 0.0115. The Bertz CT molecular complexity index is 961. The summed E-state index contributed by atoms with van der Waals surface area (Å²) in [6.45, 7) is 4.29. The van der Waals surface area contributed by atoms with Crippen LogP contribution < -0.4 is 9.64 Å². The van der Waals surface area contributed by atoms with Gasteiger partial charge in [-0.05, 0) is 62.7 Å². The van der Waals surface area contributed by atoms with E-state index < -0.39 is 17.9 Å². The highest BCUT2D eigenvalue weighted by atomic mass is 16.5. The molecule has 8 nitrogen and oxygen atoms in total. The van der Waals surface area contributed by atoms with Crippen LogP contribution in [0.15, 0.2) is 42.5 Å². The molecule has 0 spiro atoms. The van der Waals surface area contributed by atoms with Gasteiger partial charge in [0.15, 0.2) is 0 Å². The predicted molar refractivity (Wildman–Crippen MR) is 111 cm³/mol. The van der Waals surface area contributed by atoms with E-state index in [4.69, 9.17) is 14.2 Å². The SMILES string of the molecule is CCOC(=O)c1cc(OC(=O)c2ccc(N3CCCC3=O)cc2)cc(C(=O)OCC)c1. The van der Waals surface area contributed by atoms with Crippen LogP contribution in [0.4, 0.5) is 5.69 Å². The zero-order chi connectivity index (χ0) is 22.4. The van der Waals surface area contributed by atoms with Gasteiger partial charge in [-0.2, -0.15) is 0 Å². The van der Waals surface area contributed by atoms with E-state index in [1.54, 1.807) is 43.0 Å². The Morgan fingerprint density at radius 3 is 1.90 bits per heavy atom. The standard InChI is InChI=1S/C23H23NO7/c1-3-29-21(26)16-12-17(22(27)30-4-2)14-19(13-16)31-23(28)15-7-9-18(10-8-15)24-11-5-6-20(24)25/h7-10,12-14H,3-6,11H2,1-2H3. The molecule has 1 aliphatic rings. The average Bonchev–Trinajstić information content (AvgIpc) is 3.19. The fraction of sp³-hybridized carbons (Fsp3) is 0.304. The molecule has 1 fully saturated rings. The van der Waals surface area contributed by atoms with Gasteiger partial charge in [-0.15, -0.1) is 0 Å². The van der Waals surface area contributed by atoms with Crippen molar-refractivity contribution in [3.8, 4) is 5.75 Å². The van der Waals surface area contributed by atoms with Crippen LogP contribution in [0.25, 0.3) is 0 Å². The van der Waals surface area contributed by atoms with Gasteiger partial charge >= 0.3 is 17.9 Å². The summed E-state index contributed by atoms with van der Waals surface area (Å²) in [6.07, 6.45) is 1.33. The number of hydrogen-bond acceptors (Lipinski definition) is 7. The molecule has 0 aromatic heterocycles. The number of rotatable bonds is 7. The fourth-order valence-electron chi connectivity index (χ4n) is 3.19. The van der Waals surface area contributed by atoms with Crippen LogP contribution >= 0.6 is 0 Å². The molecule has 1 aliphatic heterocycles. The molecule has 162 valence electrons. The lowest BCUT2D eigenvalue weighted by atomic mass is 10.1. The number of carbonyl (C=O) groups excluding carboxylic acids is 4. The average molecular weight is 425 g/mol. The van der Waals surface area contributed by atoms with Crippen LogP contribution in [0.5, 0.6) is 5.75 Å². The normalized spacial score (nSPS) is 13.1. The van der Waals surface area contributed by atoms with E-state index in [0.717, 1.165) is 6.42 Å². The molecule has 0 bridgehead atoms. The molecule has 1 saturated heterocycles. The molecule has 0 N–H and O–H groups in total. The second-order valence-electron chi connectivity index (χ2n) is 6.77. The van der Waals surface area contributed by atoms with Gasteiger partial charge in [0.25, 0.3) is 0 Å². The second-order valence-corrected chi connectivity index (χ2v) is 6.77. The van der Waals surface area contributed by atoms with Gasteiger partial charge in [-0.1, -0.05) is 0 Å². The van der Waals surface area contributed by atoms with Gasteiger partial charge < -0.3 is 19.1 Å². The van der Waals surface area contributed by atoms with Crippen molar-refractivity contribution in [2.45, 2.75) is 26.7 Å². The van der Waals surface area contributed by atoms with Crippen LogP contribution in [0.1, 0.15) is 57.8 Å². The molecule has 0 radical (unpaired) electrons. The molecule has 31 heavy (non-hydrogen) atoms. The Kier molecular flexibility index (Phi) is 7.02. The quantitative estimate of drug-likeness (QED) is 0.495. The third-order valence-electron chi connectivity index (χ3n) is 4.63. The van der Waals surface area contributed by atoms with E-state index in [1.165, 1.54) is 18.2 Å². The predicted octanol–water partition coefficient (Wildman–Crippen LogP) is 3.39. The Morgan fingerprint density at radius 1 is 0.839 bits per heavy atom. The van der Waals surface area contributed by atoms with Crippen LogP contribution in [-0.4, -0.2) is 43.6 Å². The topological polar surface area (TPSA) is 99.2 Å². The minimum Gasteiger partial charge on any atom is -0.462 e. The first kappa shape index (κ1) is 22.0. The van der Waals surface area contributed by atoms with Crippen molar-refractivity contribution in [3.05, 3.63) is 59.2 Å². The molecule has 2 aromatic rings. The number of benzene rings is 2. The Balaban J connectivity index is 1.81. The first-order valence-corrected chi connectivity index (χ1v) is 10.0. The molecule has 0 aliphatic carbocycles. The van der Waals surface area contributed by atoms with E-state index in [0.29, 0.717) is 18.7 Å². The van der Waals surface area contributed by atoms with Gasteiger partial charge in [0, 0.05) is 18.7 Å². The monoisotopic (exact) mass is 425 g/mol. The maximum absolute atomic E-state index is 12.6. The first-order valence-electron chi connectivity index (χ1n) is 10.0. The molecule has 1 amide bonds. The number of carbonyl (C=O) groups is 4. The number of nitrogens with zero attached hydrogens (tertiary/aromatic N) is 1. The minimum atomic E-state index is -0.671. The molecule has 3 rings (SSSR count). The van der Waals surface area contributed by atoms with Crippen molar-refractivity contribution in [3.63, 3.8) is 0 Å². The third-order valence-corrected chi connectivity index (χ3v) is 4.63. The second kappa shape index (κ2) is 9.88. The molecule has 0 unspecified atom stereocenters. The summed E-state index contributed by atoms with van der Waals surface area (Å²) in [5.41, 5.74) is 1.11. The van der Waals surface area contributed by atoms with Gasteiger partial charge in [-0.3, -0.25) is 4.79 Å². The maximum Gasteiger partial charge on any atom is 0.343 e. The molecule has 2 aromatic carbocycles. The molecule has 0 saturated carbocycles. The van der Waals surface area contributed by atoms with Gasteiger partial charge in [0.05, 0.1) is 29.9 Å². The van der Waals surface area contributed by atoms with E-state index in [1.807, 2.05) is 0 Å². The Labute approximate surface area is 179 Å². The van der Waals surface area contributed by atoms with Crippen molar-refractivity contribution in [1.29, 1.82) is 0 Å². The highest BCUT2D eigenvalue weighted by molar-refractivity contribution is 5.98. The van der Waals surface area contributed by atoms with Crippen LogP contribution in [0.3, 0.4) is 0 Å². The van der Waals surface area contributed by atoms with Crippen LogP contribution in [-0.2, 0) is 14.3 Å². The summed E-state index contributed by atoms with van der Waals surface area (Å²) in [7, 11) is 0. The number of ether oxygens (including phenoxy) is 3. The van der Waals surface area contributed by atoms with Crippen molar-refractivity contribution in [2.75, 3.05) is 24.7 Å². The number of amides is 1. The summed E-state index contributed by atoms with van der Waals surface area (Å²) in [5, 5.41) is 0. The zero-order valence-electron chi connectivity index (χ0n) is 17.4. The van der Waals surface area contributed by atoms with Gasteiger partial charge in [-0.25, -0.2) is 14.4 Å². The van der Waals surface area contributed by atoms with Crippen molar-refractivity contribution in [1.82, 2.24) is 0 Å². The first-order chi connectivity index (χ1) is 14.9. The number of anilines is 1. The molecule has 0 atom stereocenters. The van der Waals surface area contributed by atoms with E-state index in [2.05, 4.69) is 0 Å². The third kappa shape index (κ3) is 5.28. The van der Waals surface area contributed by atoms with E-state index >= 15 is 0 Å². The van der Waals surface area contributed by atoms with Gasteiger partial charge in [0.1, 0.15) is 5.75 Å². The van der Waals surface area contributed by atoms with Crippen molar-refractivity contribution < 1.29 is 33.4 Å². The lowest BCUT2D eigenvalue weighted by Gasteiger charge is -2.15. The van der Waals surface area contributed by atoms with Crippen molar-refractivity contribution >= 4 is 29.5 Å². The summed E-state index contributed by atoms with van der Waals surface area (Å²) < 4.78 is 15.3. The summed E-state index contributed by atoms with van der Waals surface area (Å²) in [6, 6.07) is 10.5. The largest absolute Gasteiger partial charge is 0.462 e. The molecular formula is C23H23NO7. The van der Waals surface area contributed by atoms with Gasteiger partial charge in [0.2, 0.25) is 5.91 Å².